The number of fused-ring (bicyclic) bond motifs is 2. The smallest absolute Gasteiger partial charge is 0.445 e. The summed E-state index contributed by atoms with van der Waals surface area (Å²) in [5.41, 5.74) is 0.885. The minimum atomic E-state index is -4.32. The zero-order valence-electron chi connectivity index (χ0n) is 39.8. The lowest BCUT2D eigenvalue weighted by atomic mass is 9.73. The maximum atomic E-state index is 14.4. The van der Waals surface area contributed by atoms with Gasteiger partial charge in [-0.15, -0.1) is 0 Å². The maximum Gasteiger partial charge on any atom is 0.530 e. The molecule has 18 heteroatoms. The van der Waals surface area contributed by atoms with Crippen LogP contribution in [0.25, 0.3) is 0 Å². The van der Waals surface area contributed by atoms with E-state index in [-0.39, 0.29) is 51.6 Å². The number of carbonyl (C=O) groups excluding carboxylic acids is 2. The first-order valence-electron chi connectivity index (χ1n) is 23.6. The SMILES string of the molecule is CC[C@H]1[C@H](O)[C@H]2O[C@@H]3O[C@H](C)C[C@@](O)(CN(Cc4cccc(OP(=O)(OCc5ccccc5)OCc5ccccc5)c4)C(=O)OCc4ccccc4)[C@]3(O)O[C@@H]2[C@@H](N(C)C(=O)OCc2ccccc2)[C@H]1O. The summed E-state index contributed by atoms with van der Waals surface area (Å²) in [5.74, 6) is -3.52. The van der Waals surface area contributed by atoms with Crippen molar-refractivity contribution >= 4 is 20.0 Å². The van der Waals surface area contributed by atoms with Crippen LogP contribution in [0.4, 0.5) is 9.59 Å². The molecule has 0 bridgehead atoms. The average Bonchev–Trinajstić information content (AvgIpc) is 3.37. The van der Waals surface area contributed by atoms with E-state index >= 15 is 0 Å². The number of nitrogens with zero attached hydrogens (tertiary/aromatic N) is 2. The molecule has 0 radical (unpaired) electrons. The molecule has 5 aromatic rings. The van der Waals surface area contributed by atoms with E-state index < -0.39 is 86.7 Å². The van der Waals surface area contributed by atoms with Crippen LogP contribution in [0, 0.1) is 5.92 Å². The van der Waals surface area contributed by atoms with Crippen LogP contribution >= 0.6 is 7.82 Å². The van der Waals surface area contributed by atoms with Gasteiger partial charge in [0.1, 0.15) is 36.8 Å². The Morgan fingerprint density at radius 2 is 1.18 bits per heavy atom. The molecule has 2 amide bonds. The van der Waals surface area contributed by atoms with Crippen molar-refractivity contribution in [3.63, 3.8) is 0 Å². The van der Waals surface area contributed by atoms with Crippen LogP contribution < -0.4 is 4.52 Å². The van der Waals surface area contributed by atoms with Crippen molar-refractivity contribution in [3.8, 4) is 5.75 Å². The summed E-state index contributed by atoms with van der Waals surface area (Å²) in [6.45, 7) is 2.12. The topological polar surface area (TPSA) is 212 Å². The van der Waals surface area contributed by atoms with E-state index in [0.717, 1.165) is 21.6 Å². The van der Waals surface area contributed by atoms with E-state index in [1.54, 1.807) is 80.6 Å². The van der Waals surface area contributed by atoms with E-state index in [9.17, 15) is 34.6 Å². The third-order valence-electron chi connectivity index (χ3n) is 13.1. The minimum Gasteiger partial charge on any atom is -0.445 e. The largest absolute Gasteiger partial charge is 0.530 e. The number of carbonyl (C=O) groups is 2. The van der Waals surface area contributed by atoms with Crippen molar-refractivity contribution in [3.05, 3.63) is 173 Å². The van der Waals surface area contributed by atoms with E-state index in [1.807, 2.05) is 72.8 Å². The fourth-order valence-corrected chi connectivity index (χ4v) is 10.5. The van der Waals surface area contributed by atoms with E-state index in [1.165, 1.54) is 18.0 Å². The zero-order chi connectivity index (χ0) is 50.2. The number of benzene rings is 5. The van der Waals surface area contributed by atoms with Crippen molar-refractivity contribution in [2.75, 3.05) is 13.6 Å². The van der Waals surface area contributed by atoms with Crippen LogP contribution in [0.3, 0.4) is 0 Å². The molecule has 10 atom stereocenters. The molecule has 71 heavy (non-hydrogen) atoms. The predicted octanol–water partition coefficient (Wildman–Crippen LogP) is 7.48. The number of hydrogen-bond acceptors (Lipinski definition) is 15. The molecular formula is C53H61N2O15P. The summed E-state index contributed by atoms with van der Waals surface area (Å²) in [4.78, 5) is 30.4. The highest BCUT2D eigenvalue weighted by atomic mass is 31.2. The number of phosphoric acid groups is 1. The summed E-state index contributed by atoms with van der Waals surface area (Å²) in [7, 11) is -2.91. The van der Waals surface area contributed by atoms with Gasteiger partial charge in [-0.25, -0.2) is 14.2 Å². The van der Waals surface area contributed by atoms with Gasteiger partial charge in [-0.3, -0.25) is 9.05 Å². The van der Waals surface area contributed by atoms with E-state index in [4.69, 9.17) is 37.3 Å². The normalized spacial score (nSPS) is 27.1. The first kappa shape index (κ1) is 51.7. The van der Waals surface area contributed by atoms with Crippen LogP contribution in [-0.2, 0) is 70.3 Å². The lowest BCUT2D eigenvalue weighted by molar-refractivity contribution is -0.486. The average molecular weight is 997 g/mol. The third kappa shape index (κ3) is 12.2. The number of likely N-dealkylation sites (N-methyl/N-ethyl adjacent to an activating group) is 1. The zero-order valence-corrected chi connectivity index (χ0v) is 40.6. The van der Waals surface area contributed by atoms with Crippen molar-refractivity contribution in [1.29, 1.82) is 0 Å². The van der Waals surface area contributed by atoms with Crippen LogP contribution in [0.5, 0.6) is 5.75 Å². The number of phosphoric ester groups is 1. The van der Waals surface area contributed by atoms with Crippen LogP contribution in [0.2, 0.25) is 0 Å². The Balaban J connectivity index is 1.07. The minimum absolute atomic E-state index is 0.0777. The molecule has 2 saturated heterocycles. The quantitative estimate of drug-likeness (QED) is 0.0627. The van der Waals surface area contributed by atoms with Gasteiger partial charge in [0.2, 0.25) is 12.1 Å². The molecule has 2 aliphatic heterocycles. The molecule has 5 aromatic carbocycles. The molecule has 3 fully saturated rings. The highest BCUT2D eigenvalue weighted by Gasteiger charge is 2.69. The number of ether oxygens (including phenoxy) is 5. The third-order valence-corrected chi connectivity index (χ3v) is 14.4. The molecule has 17 nitrogen and oxygen atoms in total. The van der Waals surface area contributed by atoms with E-state index in [0.29, 0.717) is 11.1 Å². The Morgan fingerprint density at radius 3 is 1.72 bits per heavy atom. The Kier molecular flexibility index (Phi) is 16.6. The number of amides is 2. The molecule has 0 aromatic heterocycles. The van der Waals surface area contributed by atoms with Gasteiger partial charge in [-0.1, -0.05) is 140 Å². The highest BCUT2D eigenvalue weighted by molar-refractivity contribution is 7.48. The Hall–Kier alpha value is -5.69. The second-order valence-corrected chi connectivity index (χ2v) is 19.8. The molecule has 0 unspecified atom stereocenters. The highest BCUT2D eigenvalue weighted by Crippen LogP contribution is 2.52. The molecule has 8 rings (SSSR count). The Bertz CT molecular complexity index is 2520. The van der Waals surface area contributed by atoms with Crippen LogP contribution in [0.15, 0.2) is 146 Å². The van der Waals surface area contributed by atoms with Gasteiger partial charge in [0.25, 0.3) is 0 Å². The van der Waals surface area contributed by atoms with Gasteiger partial charge in [0.15, 0.2) is 0 Å². The first-order chi connectivity index (χ1) is 34.2. The van der Waals surface area contributed by atoms with Gasteiger partial charge >= 0.3 is 20.0 Å². The van der Waals surface area contributed by atoms with Gasteiger partial charge in [0.05, 0.1) is 44.1 Å². The summed E-state index contributed by atoms with van der Waals surface area (Å²) in [5, 5.41) is 49.3. The molecule has 3 aliphatic rings. The molecule has 1 aliphatic carbocycles. The van der Waals surface area contributed by atoms with Gasteiger partial charge in [-0.2, -0.15) is 0 Å². The van der Waals surface area contributed by atoms with Crippen molar-refractivity contribution in [2.24, 2.45) is 5.92 Å². The van der Waals surface area contributed by atoms with Gasteiger partial charge < -0.3 is 58.4 Å². The molecule has 1 saturated carbocycles. The summed E-state index contributed by atoms with van der Waals surface area (Å²) >= 11 is 0. The standard InChI is InChI=1S/C53H61N2O15P/c1-4-43-45(56)44(54(3)50(58)63-31-37-18-9-5-10-19-37)47-48(46(43)57)68-49-53(61,69-47)52(60,29-36(2)67-49)35-55(51(59)64-32-38-20-11-6-12-21-38)30-41-26-17-27-42(28-41)70-71(62,65-33-39-22-13-7-14-23-39)66-34-40-24-15-8-16-25-40/h5-28,36,43-49,56-57,60-61H,4,29-35H2,1-3H3/t36-,43-,44+,45+,46+,47-,48-,49+,52-,53-/m1/s1. The van der Waals surface area contributed by atoms with Crippen molar-refractivity contribution < 1.29 is 71.8 Å². The number of aliphatic hydroxyl groups is 4. The number of hydrogen-bond donors (Lipinski definition) is 4. The van der Waals surface area contributed by atoms with E-state index in [2.05, 4.69) is 0 Å². The molecule has 2 heterocycles. The molecule has 4 N–H and O–H groups in total. The van der Waals surface area contributed by atoms with Crippen LogP contribution in [-0.4, -0.2) is 110 Å². The maximum absolute atomic E-state index is 14.4. The Labute approximate surface area is 413 Å². The van der Waals surface area contributed by atoms with Crippen molar-refractivity contribution in [2.45, 2.75) is 114 Å². The number of rotatable bonds is 18. The fourth-order valence-electron chi connectivity index (χ4n) is 9.37. The first-order valence-corrected chi connectivity index (χ1v) is 25.1. The lowest BCUT2D eigenvalue weighted by Crippen LogP contribution is -2.80. The Morgan fingerprint density at radius 1 is 0.676 bits per heavy atom. The summed E-state index contributed by atoms with van der Waals surface area (Å²) in [6, 6.07) is 41.3. The predicted molar refractivity (Wildman–Crippen MR) is 257 cm³/mol. The second-order valence-electron chi connectivity index (χ2n) is 18.2. The van der Waals surface area contributed by atoms with Crippen molar-refractivity contribution in [1.82, 2.24) is 9.80 Å². The van der Waals surface area contributed by atoms with Gasteiger partial charge in [-0.05, 0) is 53.3 Å². The number of aliphatic hydroxyl groups excluding tert-OH is 2. The summed E-state index contributed by atoms with van der Waals surface area (Å²) < 4.78 is 62.5. The molecule has 378 valence electrons. The van der Waals surface area contributed by atoms with Gasteiger partial charge in [0, 0.05) is 25.9 Å². The lowest BCUT2D eigenvalue weighted by Gasteiger charge is -2.61. The van der Waals surface area contributed by atoms with Crippen LogP contribution in [0.1, 0.15) is 54.5 Å². The molecular weight excluding hydrogens is 936 g/mol. The fraction of sp³-hybridized carbons (Fsp3) is 0.396. The second kappa shape index (κ2) is 22.8. The monoisotopic (exact) mass is 996 g/mol. The molecule has 0 spiro atoms. The summed E-state index contributed by atoms with van der Waals surface area (Å²) in [6.07, 6.45) is -9.77.